The maximum Gasteiger partial charge on any atom is 0.408 e. The summed E-state index contributed by atoms with van der Waals surface area (Å²) in [6.45, 7) is 21.6. The van der Waals surface area contributed by atoms with Crippen molar-refractivity contribution in [1.29, 1.82) is 0 Å². The number of cyclic esters (lactones) is 1. The van der Waals surface area contributed by atoms with Gasteiger partial charge in [0.25, 0.3) is 0 Å². The van der Waals surface area contributed by atoms with E-state index in [-0.39, 0.29) is 31.7 Å². The van der Waals surface area contributed by atoms with Gasteiger partial charge in [-0.15, -0.1) is 0 Å². The molecule has 0 aliphatic carbocycles. The van der Waals surface area contributed by atoms with Crippen LogP contribution in [-0.4, -0.2) is 208 Å². The molecule has 20 nitrogen and oxygen atoms in total. The van der Waals surface area contributed by atoms with Gasteiger partial charge in [0.1, 0.15) is 54.9 Å². The second-order valence-corrected chi connectivity index (χ2v) is 21.3. The molecule has 19 atom stereocenters. The molecule has 67 heavy (non-hydrogen) atoms. The van der Waals surface area contributed by atoms with Crippen LogP contribution in [0.1, 0.15) is 116 Å². The lowest BCUT2D eigenvalue weighted by Crippen LogP contribution is -2.61. The van der Waals surface area contributed by atoms with Crippen LogP contribution in [0.3, 0.4) is 0 Å². The van der Waals surface area contributed by atoms with E-state index >= 15 is 0 Å². The van der Waals surface area contributed by atoms with Crippen molar-refractivity contribution < 1.29 is 82.9 Å². The zero-order chi connectivity index (χ0) is 51.1. The van der Waals surface area contributed by atoms with Crippen molar-refractivity contribution in [3.63, 3.8) is 0 Å². The van der Waals surface area contributed by atoms with E-state index in [2.05, 4.69) is 5.32 Å². The molecule has 3 fully saturated rings. The lowest BCUT2D eigenvalue weighted by atomic mass is 9.77. The highest BCUT2D eigenvalue weighted by Crippen LogP contribution is 2.40. The molecule has 2 unspecified atom stereocenters. The fraction of sp³-hybridized carbons (Fsp3) is 0.936. The first kappa shape index (κ1) is 59.0. The molecule has 1 amide bonds. The van der Waals surface area contributed by atoms with E-state index < -0.39 is 145 Å². The molecule has 0 saturated carbocycles. The van der Waals surface area contributed by atoms with Crippen molar-refractivity contribution in [2.24, 2.45) is 17.8 Å². The summed E-state index contributed by atoms with van der Waals surface area (Å²) in [5.41, 5.74) is -5.42. The molecule has 0 radical (unpaired) electrons. The van der Waals surface area contributed by atoms with Gasteiger partial charge in [0, 0.05) is 44.6 Å². The van der Waals surface area contributed by atoms with Gasteiger partial charge >= 0.3 is 18.0 Å². The van der Waals surface area contributed by atoms with E-state index in [0.29, 0.717) is 13.0 Å². The van der Waals surface area contributed by atoms with Crippen LogP contribution in [0.25, 0.3) is 0 Å². The Morgan fingerprint density at radius 2 is 1.61 bits per heavy atom. The smallest absolute Gasteiger partial charge is 0.408 e. The number of hydrogen-bond acceptors (Lipinski definition) is 19. The van der Waals surface area contributed by atoms with Crippen molar-refractivity contribution in [3.05, 3.63) is 0 Å². The minimum atomic E-state index is -1.87. The van der Waals surface area contributed by atoms with Crippen molar-refractivity contribution in [3.8, 4) is 0 Å². The van der Waals surface area contributed by atoms with Gasteiger partial charge in [0.2, 0.25) is 0 Å². The molecule has 0 aromatic carbocycles. The Balaban J connectivity index is 2.00. The summed E-state index contributed by atoms with van der Waals surface area (Å²) < 4.78 is 48.1. The van der Waals surface area contributed by atoms with Gasteiger partial charge in [-0.3, -0.25) is 14.5 Å². The molecule has 3 aliphatic heterocycles. The molecule has 3 saturated heterocycles. The molecule has 392 valence electrons. The predicted molar refractivity (Wildman–Crippen MR) is 244 cm³/mol. The Kier molecular flexibility index (Phi) is 21.3. The van der Waals surface area contributed by atoms with Gasteiger partial charge in [0.15, 0.2) is 12.6 Å². The molecule has 0 bridgehead atoms. The van der Waals surface area contributed by atoms with Gasteiger partial charge in [-0.25, -0.2) is 4.79 Å². The summed E-state index contributed by atoms with van der Waals surface area (Å²) in [4.78, 5) is 42.3. The van der Waals surface area contributed by atoms with Crippen LogP contribution < -0.4 is 5.32 Å². The van der Waals surface area contributed by atoms with Gasteiger partial charge in [-0.1, -0.05) is 20.8 Å². The molecule has 3 heterocycles. The molecule has 0 aromatic heterocycles. The third-order valence-electron chi connectivity index (χ3n) is 13.8. The number of nitrogens with zero attached hydrogens (tertiary/aromatic N) is 2. The number of aliphatic hydroxyl groups is 6. The van der Waals surface area contributed by atoms with Gasteiger partial charge in [-0.05, 0) is 109 Å². The van der Waals surface area contributed by atoms with E-state index in [0.717, 1.165) is 0 Å². The highest BCUT2D eigenvalue weighted by atomic mass is 16.7. The third-order valence-corrected chi connectivity index (χ3v) is 13.8. The van der Waals surface area contributed by atoms with Crippen LogP contribution in [0.4, 0.5) is 4.79 Å². The van der Waals surface area contributed by atoms with Crippen LogP contribution >= 0.6 is 0 Å². The van der Waals surface area contributed by atoms with Crippen molar-refractivity contribution in [2.75, 3.05) is 47.4 Å². The van der Waals surface area contributed by atoms with E-state index in [1.165, 1.54) is 14.0 Å². The zero-order valence-electron chi connectivity index (χ0n) is 43.0. The Morgan fingerprint density at radius 3 is 2.19 bits per heavy atom. The first-order valence-electron chi connectivity index (χ1n) is 23.9. The Morgan fingerprint density at radius 1 is 0.985 bits per heavy atom. The Hall–Kier alpha value is -2.31. The molecule has 7 N–H and O–H groups in total. The van der Waals surface area contributed by atoms with Crippen LogP contribution in [0, 0.1) is 17.8 Å². The van der Waals surface area contributed by atoms with Crippen molar-refractivity contribution in [1.82, 2.24) is 15.1 Å². The number of carbonyl (C=O) groups is 3. The summed E-state index contributed by atoms with van der Waals surface area (Å²) in [6.07, 6.45) is -12.1. The van der Waals surface area contributed by atoms with Crippen LogP contribution in [0.15, 0.2) is 0 Å². The molecule has 20 heteroatoms. The first-order valence-corrected chi connectivity index (χ1v) is 23.9. The zero-order valence-corrected chi connectivity index (χ0v) is 43.0. The maximum absolute atomic E-state index is 14.4. The number of likely N-dealkylation sites (N-methyl/N-ethyl adjacent to an activating group) is 2. The van der Waals surface area contributed by atoms with Crippen molar-refractivity contribution in [2.45, 2.75) is 218 Å². The number of esters is 2. The lowest BCUT2D eigenvalue weighted by molar-refractivity contribution is -0.318. The predicted octanol–water partition coefficient (Wildman–Crippen LogP) is 1.70. The normalized spacial score (nSPS) is 41.7. The number of hydrogen-bond donors (Lipinski definition) is 7. The number of alkyl carbamates (subject to hydrolysis) is 1. The number of nitrogens with one attached hydrogen (secondary N) is 1. The fourth-order valence-corrected chi connectivity index (χ4v) is 9.88. The van der Waals surface area contributed by atoms with Gasteiger partial charge in [-0.2, -0.15) is 0 Å². The molecular weight excluding hydrogens is 879 g/mol. The molecule has 0 aromatic rings. The minimum Gasteiger partial charge on any atom is -0.462 e. The van der Waals surface area contributed by atoms with E-state index in [1.54, 1.807) is 95.2 Å². The summed E-state index contributed by atoms with van der Waals surface area (Å²) in [5.74, 6) is -3.79. The summed E-state index contributed by atoms with van der Waals surface area (Å²) >= 11 is 0. The summed E-state index contributed by atoms with van der Waals surface area (Å²) in [6, 6.07) is -1.27. The number of rotatable bonds is 13. The maximum atomic E-state index is 14.4. The third kappa shape index (κ3) is 15.8. The molecule has 3 aliphatic rings. The largest absolute Gasteiger partial charge is 0.462 e. The number of carbonyl (C=O) groups excluding carboxylic acids is 3. The number of amides is 1. The second-order valence-electron chi connectivity index (χ2n) is 21.3. The highest BCUT2D eigenvalue weighted by Gasteiger charge is 2.53. The average molecular weight is 966 g/mol. The summed E-state index contributed by atoms with van der Waals surface area (Å²) in [7, 11) is 4.96. The van der Waals surface area contributed by atoms with E-state index in [1.807, 2.05) is 11.8 Å². The topological polar surface area (TPSA) is 265 Å². The molecular formula is C47H87N3O17. The van der Waals surface area contributed by atoms with E-state index in [9.17, 15) is 45.0 Å². The quantitative estimate of drug-likeness (QED) is 0.102. The number of ether oxygens (including phenoxy) is 8. The first-order chi connectivity index (χ1) is 30.8. The van der Waals surface area contributed by atoms with Crippen LogP contribution in [0.2, 0.25) is 0 Å². The average Bonchev–Trinajstić information content (AvgIpc) is 3.22. The van der Waals surface area contributed by atoms with Crippen LogP contribution in [-0.2, 0) is 47.5 Å². The van der Waals surface area contributed by atoms with Crippen molar-refractivity contribution >= 4 is 18.0 Å². The van der Waals surface area contributed by atoms with E-state index in [4.69, 9.17) is 37.9 Å². The lowest BCUT2D eigenvalue weighted by Gasteiger charge is -2.49. The number of methoxy groups -OCH3 is 1. The number of aliphatic hydroxyl groups excluding tert-OH is 4. The summed E-state index contributed by atoms with van der Waals surface area (Å²) in [5, 5.41) is 72.5. The van der Waals surface area contributed by atoms with Gasteiger partial charge < -0.3 is 78.8 Å². The standard InChI is InChI=1S/C47H87N3O17/c1-17-33-47(13,59)38(54)29(6)49(14)22-25(2)19-45(11,58)40(27(4)37(28(5)41(56)64-33)65-35-20-46(12,60-16)39(55)30(7)63-35)66-42-36(53)32(18-26(3)62-42)50(15)23-31(51)24-61-34(52)21-48-43(57)67-44(8,9)10/h25-33,35-40,42,51,53-55,58-59H,17-24H2,1-16H3,(H,48,57)/t25-,26-,27+,28-,29-,30+,31?,32?,33-,35+,36-,37+,38-,39+,40-,42+,45-,46-,47-/m1/s1. The Bertz CT molecular complexity index is 1580. The monoisotopic (exact) mass is 966 g/mol. The Labute approximate surface area is 398 Å². The highest BCUT2D eigenvalue weighted by molar-refractivity contribution is 5.78. The minimum absolute atomic E-state index is 0.0419. The SMILES string of the molecule is CC[C@H]1OC(=O)[C@H](C)[C@@H](O[C@H]2C[C@@](C)(OC)[C@@H](O)[C@H](C)O2)[C@H](C)[C@@H](O[C@@H]2O[C@H](C)CC(N(C)CC(O)COC(=O)CNC(=O)OC(C)(C)C)[C@H]2O)[C@](C)(O)C[C@@H](C)CN(C)[C@H](C)[C@@H](O)[C@]1(C)O. The second kappa shape index (κ2) is 24.2. The van der Waals surface area contributed by atoms with Crippen LogP contribution in [0.5, 0.6) is 0 Å². The van der Waals surface area contributed by atoms with Gasteiger partial charge in [0.05, 0.1) is 41.5 Å². The molecule has 0 spiro atoms. The molecule has 3 rings (SSSR count). The fourth-order valence-electron chi connectivity index (χ4n) is 9.88.